The highest BCUT2D eigenvalue weighted by Gasteiger charge is 2.22. The number of anilines is 2. The second kappa shape index (κ2) is 9.16. The zero-order chi connectivity index (χ0) is 22.6. The van der Waals surface area contributed by atoms with Crippen molar-refractivity contribution < 1.29 is 22.4 Å². The first-order valence-corrected chi connectivity index (χ1v) is 10.7. The smallest absolute Gasteiger partial charge is 0.309 e. The van der Waals surface area contributed by atoms with Gasteiger partial charge in [0.05, 0.1) is 6.20 Å². The molecule has 0 atom stereocenters. The van der Waals surface area contributed by atoms with Crippen LogP contribution in [0, 0.1) is 5.82 Å². The van der Waals surface area contributed by atoms with Crippen LogP contribution in [0.3, 0.4) is 0 Å². The fourth-order valence-corrected chi connectivity index (χ4v) is 3.63. The lowest BCUT2D eigenvalue weighted by Gasteiger charge is -2.20. The predicted molar refractivity (Wildman–Crippen MR) is 110 cm³/mol. The van der Waals surface area contributed by atoms with Crippen LogP contribution in [0.4, 0.5) is 20.7 Å². The number of amides is 3. The molecule has 0 aliphatic heterocycles. The predicted octanol–water partition coefficient (Wildman–Crippen LogP) is 3.33. The highest BCUT2D eigenvalue weighted by Crippen LogP contribution is 2.33. The van der Waals surface area contributed by atoms with Gasteiger partial charge in [-0.2, -0.15) is 5.10 Å². The third-order valence-electron chi connectivity index (χ3n) is 4.12. The molecular weight excluding hydrogens is 413 g/mol. The van der Waals surface area contributed by atoms with Crippen LogP contribution in [0.5, 0.6) is 0 Å². The van der Waals surface area contributed by atoms with E-state index in [-0.39, 0.29) is 22.5 Å². The Morgan fingerprint density at radius 2 is 1.57 bits per heavy atom. The molecule has 0 saturated heterocycles. The maximum Gasteiger partial charge on any atom is 0.333 e. The molecular formula is C19H24FN5O4S. The van der Waals surface area contributed by atoms with Gasteiger partial charge in [0.15, 0.2) is 5.82 Å². The molecule has 0 radical (unpaired) electrons. The van der Waals surface area contributed by atoms with E-state index in [1.54, 1.807) is 0 Å². The average Bonchev–Trinajstić information content (AvgIpc) is 2.61. The highest BCUT2D eigenvalue weighted by molar-refractivity contribution is 7.90. The zero-order valence-corrected chi connectivity index (χ0v) is 18.1. The van der Waals surface area contributed by atoms with Gasteiger partial charge in [-0.15, -0.1) is 5.10 Å². The molecule has 3 N–H and O–H groups in total. The summed E-state index contributed by atoms with van der Waals surface area (Å²) in [6.07, 6.45) is 0.942. The maximum absolute atomic E-state index is 14.0. The summed E-state index contributed by atoms with van der Waals surface area (Å²) in [5, 5.41) is 12.0. The maximum atomic E-state index is 14.0. The quantitative estimate of drug-likeness (QED) is 0.635. The molecule has 3 amide bonds. The Hall–Kier alpha value is -3.08. The van der Waals surface area contributed by atoms with Crippen LogP contribution >= 0.6 is 0 Å². The summed E-state index contributed by atoms with van der Waals surface area (Å²) in [5.74, 6) is -1.20. The van der Waals surface area contributed by atoms with Gasteiger partial charge in [0.1, 0.15) is 10.7 Å². The molecule has 2 rings (SSSR count). The van der Waals surface area contributed by atoms with Crippen LogP contribution in [0.25, 0.3) is 0 Å². The second-order valence-corrected chi connectivity index (χ2v) is 8.97. The van der Waals surface area contributed by atoms with Gasteiger partial charge < -0.3 is 10.6 Å². The SMILES string of the molecule is CC(=O)Nc1cc(S(=O)(=O)NC(=O)Nc2c(C(C)C)cc(F)cc2C(C)C)cnn1. The molecule has 2 aromatic rings. The van der Waals surface area contributed by atoms with Gasteiger partial charge in [-0.25, -0.2) is 22.3 Å². The Morgan fingerprint density at radius 1 is 1.00 bits per heavy atom. The number of nitrogens with one attached hydrogen (secondary N) is 3. The summed E-state index contributed by atoms with van der Waals surface area (Å²) < 4.78 is 41.0. The molecule has 0 aliphatic rings. The number of rotatable bonds is 6. The van der Waals surface area contributed by atoms with E-state index in [4.69, 9.17) is 0 Å². The molecule has 30 heavy (non-hydrogen) atoms. The number of halogens is 1. The Balaban J connectivity index is 2.32. The average molecular weight is 437 g/mol. The molecule has 0 fully saturated rings. The number of carbonyl (C=O) groups is 2. The monoisotopic (exact) mass is 437 g/mol. The topological polar surface area (TPSA) is 130 Å². The second-order valence-electron chi connectivity index (χ2n) is 7.29. The van der Waals surface area contributed by atoms with Crippen LogP contribution in [-0.2, 0) is 14.8 Å². The fraction of sp³-hybridized carbons (Fsp3) is 0.368. The van der Waals surface area contributed by atoms with Crippen LogP contribution in [-0.4, -0.2) is 30.6 Å². The number of nitrogens with zero attached hydrogens (tertiary/aromatic N) is 2. The van der Waals surface area contributed by atoms with Crippen molar-refractivity contribution in [3.8, 4) is 0 Å². The lowest BCUT2D eigenvalue weighted by atomic mass is 9.92. The van der Waals surface area contributed by atoms with Crippen LogP contribution in [0.1, 0.15) is 57.6 Å². The Morgan fingerprint density at radius 3 is 2.07 bits per heavy atom. The van der Waals surface area contributed by atoms with Gasteiger partial charge in [-0.3, -0.25) is 4.79 Å². The Bertz CT molecular complexity index is 1040. The molecule has 1 aromatic heterocycles. The van der Waals surface area contributed by atoms with Crippen molar-refractivity contribution in [2.24, 2.45) is 0 Å². The number of carbonyl (C=O) groups excluding carboxylic acids is 2. The molecule has 11 heteroatoms. The van der Waals surface area contributed by atoms with Gasteiger partial charge >= 0.3 is 6.03 Å². The summed E-state index contributed by atoms with van der Waals surface area (Å²) in [7, 11) is -4.30. The van der Waals surface area contributed by atoms with Crippen molar-refractivity contribution in [3.63, 3.8) is 0 Å². The van der Waals surface area contributed by atoms with E-state index in [9.17, 15) is 22.4 Å². The molecule has 0 aliphatic carbocycles. The molecule has 9 nitrogen and oxygen atoms in total. The van der Waals surface area contributed by atoms with Gasteiger partial charge in [0.2, 0.25) is 5.91 Å². The van der Waals surface area contributed by atoms with Crippen molar-refractivity contribution >= 4 is 33.5 Å². The summed E-state index contributed by atoms with van der Waals surface area (Å²) >= 11 is 0. The first-order chi connectivity index (χ1) is 13.9. The van der Waals surface area contributed by atoms with E-state index in [0.717, 1.165) is 12.3 Å². The molecule has 0 unspecified atom stereocenters. The minimum Gasteiger partial charge on any atom is -0.309 e. The van der Waals surface area contributed by atoms with Crippen molar-refractivity contribution in [3.05, 3.63) is 41.3 Å². The minimum absolute atomic E-state index is 0.0755. The van der Waals surface area contributed by atoms with Gasteiger partial charge in [-0.05, 0) is 35.1 Å². The van der Waals surface area contributed by atoms with E-state index in [2.05, 4.69) is 20.8 Å². The lowest BCUT2D eigenvalue weighted by Crippen LogP contribution is -2.35. The minimum atomic E-state index is -4.30. The van der Waals surface area contributed by atoms with Crippen molar-refractivity contribution in [1.82, 2.24) is 14.9 Å². The highest BCUT2D eigenvalue weighted by atomic mass is 32.2. The zero-order valence-electron chi connectivity index (χ0n) is 17.3. The van der Waals surface area contributed by atoms with Crippen molar-refractivity contribution in [2.75, 3.05) is 10.6 Å². The molecule has 0 saturated carbocycles. The van der Waals surface area contributed by atoms with Gasteiger partial charge in [0.25, 0.3) is 10.0 Å². The third kappa shape index (κ3) is 5.72. The fourth-order valence-electron chi connectivity index (χ4n) is 2.76. The molecule has 1 aromatic carbocycles. The number of sulfonamides is 1. The summed E-state index contributed by atoms with van der Waals surface area (Å²) in [4.78, 5) is 23.3. The first kappa shape index (κ1) is 23.2. The van der Waals surface area contributed by atoms with Crippen molar-refractivity contribution in [2.45, 2.75) is 51.3 Å². The van der Waals surface area contributed by atoms with E-state index in [0.29, 0.717) is 16.8 Å². The first-order valence-electron chi connectivity index (χ1n) is 9.18. The van der Waals surface area contributed by atoms with Gasteiger partial charge in [0, 0.05) is 18.7 Å². The molecule has 0 bridgehead atoms. The molecule has 162 valence electrons. The van der Waals surface area contributed by atoms with Gasteiger partial charge in [-0.1, -0.05) is 27.7 Å². The van der Waals surface area contributed by atoms with Crippen LogP contribution < -0.4 is 15.4 Å². The van der Waals surface area contributed by atoms with Crippen LogP contribution in [0.2, 0.25) is 0 Å². The Labute approximate surface area is 174 Å². The lowest BCUT2D eigenvalue weighted by molar-refractivity contribution is -0.114. The summed E-state index contributed by atoms with van der Waals surface area (Å²) in [6.45, 7) is 8.58. The van der Waals surface area contributed by atoms with E-state index in [1.807, 2.05) is 32.4 Å². The number of hydrogen-bond acceptors (Lipinski definition) is 6. The Kier molecular flexibility index (Phi) is 7.08. The third-order valence-corrected chi connectivity index (χ3v) is 5.42. The number of hydrogen-bond donors (Lipinski definition) is 3. The number of benzene rings is 1. The summed E-state index contributed by atoms with van der Waals surface area (Å²) in [5.41, 5.74) is 1.45. The largest absolute Gasteiger partial charge is 0.333 e. The van der Waals surface area contributed by atoms with Crippen molar-refractivity contribution in [1.29, 1.82) is 0 Å². The summed E-state index contributed by atoms with van der Waals surface area (Å²) in [6, 6.07) is 2.68. The van der Waals surface area contributed by atoms with E-state index >= 15 is 0 Å². The van der Waals surface area contributed by atoms with E-state index in [1.165, 1.54) is 19.1 Å². The normalized spacial score (nSPS) is 11.5. The standard InChI is InChI=1S/C19H24FN5O4S/c1-10(2)15-6-13(20)7-16(11(3)4)18(15)23-19(27)25-30(28,29)14-8-17(22-12(5)26)24-21-9-14/h6-11H,1-5H3,(H,22,24,26)(H2,23,25,27). The number of aromatic nitrogens is 2. The van der Waals surface area contributed by atoms with E-state index < -0.39 is 27.8 Å². The molecule has 0 spiro atoms. The van der Waals surface area contributed by atoms with Crippen LogP contribution in [0.15, 0.2) is 29.3 Å². The molecule has 1 heterocycles. The number of urea groups is 1.